The largest absolute Gasteiger partial charge is 0.293 e. The predicted octanol–water partition coefficient (Wildman–Crippen LogP) is 12.5. The summed E-state index contributed by atoms with van der Waals surface area (Å²) in [5.74, 6) is 0.938. The first-order valence-corrected chi connectivity index (χ1v) is 18.0. The van der Waals surface area contributed by atoms with Crippen molar-refractivity contribution in [2.75, 3.05) is 0 Å². The average molecular weight is 661 g/mol. The maximum atomic E-state index is 5.40. The quantitative estimate of drug-likeness (QED) is 0.184. The van der Waals surface area contributed by atoms with Crippen LogP contribution in [-0.4, -0.2) is 9.55 Å². The van der Waals surface area contributed by atoms with Gasteiger partial charge in [-0.2, -0.15) is 0 Å². The highest BCUT2D eigenvalue weighted by Gasteiger charge is 2.47. The Kier molecular flexibility index (Phi) is 6.20. The van der Waals surface area contributed by atoms with Crippen LogP contribution >= 0.6 is 0 Å². The Morgan fingerprint density at radius 2 is 1.02 bits per heavy atom. The van der Waals surface area contributed by atoms with Gasteiger partial charge in [-0.25, -0.2) is 4.98 Å². The van der Waals surface area contributed by atoms with Crippen molar-refractivity contribution < 1.29 is 0 Å². The normalized spacial score (nSPS) is 13.2. The Balaban J connectivity index is 1.35. The van der Waals surface area contributed by atoms with Gasteiger partial charge in [0.05, 0.1) is 16.4 Å². The number of nitrogens with zero attached hydrogens (tertiary/aromatic N) is 2. The van der Waals surface area contributed by atoms with E-state index in [9.17, 15) is 0 Å². The molecule has 2 heteroatoms. The molecule has 0 bridgehead atoms. The highest BCUT2D eigenvalue weighted by molar-refractivity contribution is 6.19. The van der Waals surface area contributed by atoms with E-state index in [-0.39, 0.29) is 0 Å². The lowest BCUT2D eigenvalue weighted by atomic mass is 9.67. The first kappa shape index (κ1) is 29.0. The lowest BCUT2D eigenvalue weighted by Crippen LogP contribution is -2.28. The van der Waals surface area contributed by atoms with Crippen LogP contribution in [0.1, 0.15) is 22.3 Å². The molecule has 0 unspecified atom stereocenters. The van der Waals surface area contributed by atoms with Crippen LogP contribution in [0.15, 0.2) is 194 Å². The van der Waals surface area contributed by atoms with E-state index in [0.717, 1.165) is 27.8 Å². The van der Waals surface area contributed by atoms with E-state index in [0.29, 0.717) is 0 Å². The minimum atomic E-state index is -0.499. The Hall–Kier alpha value is -6.77. The average Bonchev–Trinajstić information content (AvgIpc) is 3.70. The van der Waals surface area contributed by atoms with Crippen molar-refractivity contribution in [3.8, 4) is 28.1 Å². The molecule has 0 N–H and O–H groups in total. The van der Waals surface area contributed by atoms with Crippen molar-refractivity contribution >= 4 is 43.4 Å². The molecule has 1 aliphatic carbocycles. The fraction of sp³-hybridized carbons (Fsp3) is 0.0200. The van der Waals surface area contributed by atoms with E-state index in [1.807, 2.05) is 0 Å². The molecule has 0 aliphatic heterocycles. The number of hydrogen-bond donors (Lipinski definition) is 0. The van der Waals surface area contributed by atoms with Crippen molar-refractivity contribution in [3.63, 3.8) is 0 Å². The molecule has 10 aromatic rings. The van der Waals surface area contributed by atoms with Gasteiger partial charge < -0.3 is 0 Å². The fourth-order valence-corrected chi connectivity index (χ4v) is 9.14. The van der Waals surface area contributed by atoms with Crippen molar-refractivity contribution in [1.29, 1.82) is 0 Å². The van der Waals surface area contributed by atoms with Gasteiger partial charge in [0.15, 0.2) is 0 Å². The molecule has 0 spiro atoms. The monoisotopic (exact) mass is 660 g/mol. The van der Waals surface area contributed by atoms with Crippen LogP contribution < -0.4 is 0 Å². The standard InChI is InChI=1S/C50H32N2/c1-4-16-33(17-5-1)43-32-51-49(40-25-13-12-24-38(40)43)52-46-31-35-19-11-10-18-34(35)30-42(46)39-28-29-45-47(48(39)52)41-26-14-15-27-44(41)50(45,36-20-6-2-7-21-36)37-22-8-3-9-23-37/h1-32H. The molecule has 242 valence electrons. The molecule has 0 saturated carbocycles. The molecular weight excluding hydrogens is 629 g/mol. The maximum absolute atomic E-state index is 5.40. The second kappa shape index (κ2) is 11.1. The number of pyridine rings is 1. The van der Waals surface area contributed by atoms with E-state index < -0.39 is 5.41 Å². The fourth-order valence-electron chi connectivity index (χ4n) is 9.14. The van der Waals surface area contributed by atoms with Crippen LogP contribution in [0.4, 0.5) is 0 Å². The summed E-state index contributed by atoms with van der Waals surface area (Å²) >= 11 is 0. The minimum Gasteiger partial charge on any atom is -0.293 e. The van der Waals surface area contributed by atoms with Gasteiger partial charge in [-0.05, 0) is 61.7 Å². The second-order valence-corrected chi connectivity index (χ2v) is 13.9. The lowest BCUT2D eigenvalue weighted by Gasteiger charge is -2.33. The molecule has 2 nitrogen and oxygen atoms in total. The molecule has 0 atom stereocenters. The summed E-state index contributed by atoms with van der Waals surface area (Å²) in [6.45, 7) is 0. The molecule has 0 fully saturated rings. The second-order valence-electron chi connectivity index (χ2n) is 13.9. The molecule has 0 radical (unpaired) electrons. The van der Waals surface area contributed by atoms with Gasteiger partial charge in [0.25, 0.3) is 0 Å². The van der Waals surface area contributed by atoms with Crippen molar-refractivity contribution in [2.24, 2.45) is 0 Å². The Labute approximate surface area is 301 Å². The van der Waals surface area contributed by atoms with Gasteiger partial charge in [-0.1, -0.05) is 176 Å². The predicted molar refractivity (Wildman–Crippen MR) is 216 cm³/mol. The summed E-state index contributed by atoms with van der Waals surface area (Å²) < 4.78 is 2.47. The molecule has 1 aliphatic rings. The Bertz CT molecular complexity index is 2960. The van der Waals surface area contributed by atoms with E-state index in [2.05, 4.69) is 199 Å². The zero-order valence-electron chi connectivity index (χ0n) is 28.4. The summed E-state index contributed by atoms with van der Waals surface area (Å²) in [6, 6.07) is 68.7. The molecule has 0 amide bonds. The van der Waals surface area contributed by atoms with Crippen LogP contribution in [0.25, 0.3) is 71.4 Å². The highest BCUT2D eigenvalue weighted by atomic mass is 15.1. The van der Waals surface area contributed by atoms with Crippen LogP contribution in [0, 0.1) is 0 Å². The van der Waals surface area contributed by atoms with E-state index in [1.165, 1.54) is 65.8 Å². The zero-order valence-corrected chi connectivity index (χ0v) is 28.4. The molecule has 52 heavy (non-hydrogen) atoms. The summed E-state index contributed by atoms with van der Waals surface area (Å²) in [6.07, 6.45) is 2.07. The number of rotatable bonds is 4. The van der Waals surface area contributed by atoms with Crippen molar-refractivity contribution in [2.45, 2.75) is 5.41 Å². The summed E-state index contributed by atoms with van der Waals surface area (Å²) in [4.78, 5) is 5.40. The molecule has 2 aromatic heterocycles. The summed E-state index contributed by atoms with van der Waals surface area (Å²) in [5, 5.41) is 7.20. The van der Waals surface area contributed by atoms with Crippen molar-refractivity contribution in [1.82, 2.24) is 9.55 Å². The summed E-state index contributed by atoms with van der Waals surface area (Å²) in [5.41, 5.74) is 11.8. The van der Waals surface area contributed by atoms with Gasteiger partial charge in [-0.3, -0.25) is 4.57 Å². The minimum absolute atomic E-state index is 0.499. The zero-order chi connectivity index (χ0) is 34.2. The van der Waals surface area contributed by atoms with Gasteiger partial charge in [0.2, 0.25) is 0 Å². The molecule has 2 heterocycles. The maximum Gasteiger partial charge on any atom is 0.145 e. The van der Waals surface area contributed by atoms with Gasteiger partial charge in [0.1, 0.15) is 5.82 Å². The van der Waals surface area contributed by atoms with Crippen LogP contribution in [-0.2, 0) is 5.41 Å². The SMILES string of the molecule is c1ccc(-c2cnc(-n3c4cc5ccccc5cc4c4ccc5c(c43)-c3ccccc3C5(c3ccccc3)c3ccccc3)c3ccccc23)cc1. The lowest BCUT2D eigenvalue weighted by molar-refractivity contribution is 0.769. The van der Waals surface area contributed by atoms with Crippen LogP contribution in [0.2, 0.25) is 0 Å². The van der Waals surface area contributed by atoms with Crippen LogP contribution in [0.5, 0.6) is 0 Å². The number of aromatic nitrogens is 2. The van der Waals surface area contributed by atoms with Gasteiger partial charge >= 0.3 is 0 Å². The first-order chi connectivity index (χ1) is 25.8. The third-order valence-corrected chi connectivity index (χ3v) is 11.3. The highest BCUT2D eigenvalue weighted by Crippen LogP contribution is 2.58. The Morgan fingerprint density at radius 1 is 0.423 bits per heavy atom. The Morgan fingerprint density at radius 3 is 1.75 bits per heavy atom. The van der Waals surface area contributed by atoms with E-state index in [4.69, 9.17) is 4.98 Å². The topological polar surface area (TPSA) is 17.8 Å². The molecule has 8 aromatic carbocycles. The molecular formula is C50H32N2. The third-order valence-electron chi connectivity index (χ3n) is 11.3. The van der Waals surface area contributed by atoms with Crippen LogP contribution in [0.3, 0.4) is 0 Å². The third kappa shape index (κ3) is 3.92. The van der Waals surface area contributed by atoms with E-state index >= 15 is 0 Å². The first-order valence-electron chi connectivity index (χ1n) is 18.0. The molecule has 11 rings (SSSR count). The van der Waals surface area contributed by atoms with E-state index in [1.54, 1.807) is 0 Å². The van der Waals surface area contributed by atoms with Gasteiger partial charge in [-0.15, -0.1) is 0 Å². The number of hydrogen-bond acceptors (Lipinski definition) is 1. The smallest absolute Gasteiger partial charge is 0.145 e. The number of benzene rings is 8. The summed E-state index contributed by atoms with van der Waals surface area (Å²) in [7, 11) is 0. The molecule has 0 saturated heterocycles. The van der Waals surface area contributed by atoms with Gasteiger partial charge in [0, 0.05) is 33.5 Å². The van der Waals surface area contributed by atoms with Crippen molar-refractivity contribution in [3.05, 3.63) is 217 Å². The number of fused-ring (bicyclic) bond motifs is 9.